The number of halogens is 2. The summed E-state index contributed by atoms with van der Waals surface area (Å²) < 4.78 is 18.1. The zero-order chi connectivity index (χ0) is 22.8. The van der Waals surface area contributed by atoms with Crippen LogP contribution in [0.2, 0.25) is 0 Å². The molecule has 0 aliphatic heterocycles. The van der Waals surface area contributed by atoms with E-state index in [1.54, 1.807) is 12.1 Å². The van der Waals surface area contributed by atoms with Crippen LogP contribution in [0.25, 0.3) is 0 Å². The van der Waals surface area contributed by atoms with E-state index in [4.69, 9.17) is 21.8 Å². The molecule has 0 spiro atoms. The summed E-state index contributed by atoms with van der Waals surface area (Å²) in [5.74, 6) is 0.745. The third kappa shape index (κ3) is 15.7. The van der Waals surface area contributed by atoms with E-state index >= 15 is 0 Å². The van der Waals surface area contributed by atoms with Crippen molar-refractivity contribution in [2.75, 3.05) is 0 Å². The van der Waals surface area contributed by atoms with Crippen LogP contribution >= 0.6 is 24.2 Å². The van der Waals surface area contributed by atoms with E-state index in [2.05, 4.69) is 42.6 Å². The Labute approximate surface area is 185 Å². The first-order valence-electron chi connectivity index (χ1n) is 9.20. The van der Waals surface area contributed by atoms with Crippen LogP contribution in [0.3, 0.4) is 0 Å². The lowest BCUT2D eigenvalue weighted by Gasteiger charge is -2.06. The summed E-state index contributed by atoms with van der Waals surface area (Å²) >= 11 is 9.23. The Kier molecular flexibility index (Phi) is 18.4. The number of rotatable bonds is 5. The van der Waals surface area contributed by atoms with Gasteiger partial charge in [0, 0.05) is 11.5 Å². The Balaban J connectivity index is 0. The number of aryl methyl sites for hydroxylation is 1. The standard InChI is InChI=1S/C12H14FN3O.C4H7Cl.C4H8S.C2H4/c1-2-11-15-16-12(17-11)10(14)7-8-3-5-9(13)6-4-8;2*1-3-4(2)5;1-2/h3-6,10H,2,7,14H2,1H3;2-3H2,1H3;3,5H,1-2H3;1-2H2/b;;4-3+;. The molecule has 0 fully saturated rings. The van der Waals surface area contributed by atoms with E-state index < -0.39 is 0 Å². The van der Waals surface area contributed by atoms with Gasteiger partial charge in [0.1, 0.15) is 5.82 Å². The van der Waals surface area contributed by atoms with Gasteiger partial charge in [-0.3, -0.25) is 0 Å². The number of nitrogens with zero attached hydrogens (tertiary/aromatic N) is 2. The Hall–Kier alpha value is -1.89. The van der Waals surface area contributed by atoms with Crippen molar-refractivity contribution in [3.8, 4) is 0 Å². The fourth-order valence-electron chi connectivity index (χ4n) is 1.52. The predicted octanol–water partition coefficient (Wildman–Crippen LogP) is 6.80. The van der Waals surface area contributed by atoms with Gasteiger partial charge in [-0.25, -0.2) is 4.39 Å². The molecule has 1 heterocycles. The Morgan fingerprint density at radius 1 is 1.28 bits per heavy atom. The highest BCUT2D eigenvalue weighted by molar-refractivity contribution is 7.84. The highest BCUT2D eigenvalue weighted by Crippen LogP contribution is 2.15. The second-order valence-electron chi connectivity index (χ2n) is 5.63. The summed E-state index contributed by atoms with van der Waals surface area (Å²) in [6, 6.07) is 5.87. The summed E-state index contributed by atoms with van der Waals surface area (Å²) in [7, 11) is 0. The number of thiol groups is 1. The van der Waals surface area contributed by atoms with E-state index in [0.717, 1.165) is 21.9 Å². The number of nitrogens with two attached hydrogens (primary N) is 1. The van der Waals surface area contributed by atoms with Gasteiger partial charge < -0.3 is 10.2 Å². The molecule has 0 radical (unpaired) electrons. The quantitative estimate of drug-likeness (QED) is 0.395. The van der Waals surface area contributed by atoms with Gasteiger partial charge in [0.05, 0.1) is 6.04 Å². The van der Waals surface area contributed by atoms with Gasteiger partial charge in [-0.2, -0.15) is 0 Å². The van der Waals surface area contributed by atoms with Crippen molar-refractivity contribution in [2.24, 2.45) is 5.73 Å². The van der Waals surface area contributed by atoms with Crippen LogP contribution in [0.5, 0.6) is 0 Å². The minimum Gasteiger partial charge on any atom is -0.424 e. The number of hydrogen-bond acceptors (Lipinski definition) is 5. The maximum Gasteiger partial charge on any atom is 0.233 e. The lowest BCUT2D eigenvalue weighted by molar-refractivity contribution is 0.419. The monoisotopic (exact) mass is 441 g/mol. The van der Waals surface area contributed by atoms with Crippen molar-refractivity contribution in [3.05, 3.63) is 83.2 Å². The lowest BCUT2D eigenvalue weighted by atomic mass is 10.1. The fourth-order valence-corrected chi connectivity index (χ4v) is 1.52. The highest BCUT2D eigenvalue weighted by atomic mass is 35.5. The predicted molar refractivity (Wildman–Crippen MR) is 126 cm³/mol. The molecular formula is C22H33ClFN3OS. The minimum absolute atomic E-state index is 0.256. The van der Waals surface area contributed by atoms with Crippen molar-refractivity contribution in [1.29, 1.82) is 0 Å². The van der Waals surface area contributed by atoms with Crippen LogP contribution in [0.4, 0.5) is 4.39 Å². The minimum atomic E-state index is -0.353. The second kappa shape index (κ2) is 18.2. The molecule has 2 N–H and O–H groups in total. The van der Waals surface area contributed by atoms with Gasteiger partial charge in [0.15, 0.2) is 0 Å². The molecule has 1 aromatic carbocycles. The summed E-state index contributed by atoms with van der Waals surface area (Å²) in [4.78, 5) is 1.07. The molecule has 0 aliphatic rings. The molecule has 2 aromatic rings. The van der Waals surface area contributed by atoms with Gasteiger partial charge in [-0.05, 0) is 49.3 Å². The summed E-state index contributed by atoms with van der Waals surface area (Å²) in [6.45, 7) is 17.2. The lowest BCUT2D eigenvalue weighted by Crippen LogP contribution is -2.13. The van der Waals surface area contributed by atoms with Crippen LogP contribution < -0.4 is 5.73 Å². The zero-order valence-electron chi connectivity index (χ0n) is 17.8. The van der Waals surface area contributed by atoms with Crippen molar-refractivity contribution >= 4 is 24.2 Å². The average molecular weight is 442 g/mol. The molecule has 0 bridgehead atoms. The molecule has 0 saturated carbocycles. The molecule has 1 atom stereocenters. The van der Waals surface area contributed by atoms with Crippen LogP contribution in [-0.2, 0) is 12.8 Å². The number of hydrogen-bond donors (Lipinski definition) is 2. The first kappa shape index (κ1) is 29.3. The van der Waals surface area contributed by atoms with E-state index in [-0.39, 0.29) is 11.9 Å². The van der Waals surface area contributed by atoms with E-state index in [1.165, 1.54) is 12.1 Å². The van der Waals surface area contributed by atoms with E-state index in [9.17, 15) is 4.39 Å². The van der Waals surface area contributed by atoms with E-state index in [1.807, 2.05) is 33.8 Å². The largest absolute Gasteiger partial charge is 0.424 e. The molecule has 4 nitrogen and oxygen atoms in total. The molecule has 0 amide bonds. The van der Waals surface area contributed by atoms with Gasteiger partial charge >= 0.3 is 0 Å². The maximum absolute atomic E-state index is 12.7. The number of benzene rings is 1. The smallest absolute Gasteiger partial charge is 0.233 e. The average Bonchev–Trinajstić information content (AvgIpc) is 3.21. The summed E-state index contributed by atoms with van der Waals surface area (Å²) in [5.41, 5.74) is 6.88. The fraction of sp³-hybridized carbons (Fsp3) is 0.364. The topological polar surface area (TPSA) is 64.9 Å². The van der Waals surface area contributed by atoms with Crippen LogP contribution in [0.15, 0.2) is 64.4 Å². The third-order valence-electron chi connectivity index (χ3n) is 3.27. The molecule has 1 aromatic heterocycles. The molecule has 1 unspecified atom stereocenters. The Morgan fingerprint density at radius 3 is 2.10 bits per heavy atom. The van der Waals surface area contributed by atoms with Crippen molar-refractivity contribution in [3.63, 3.8) is 0 Å². The molecule has 7 heteroatoms. The third-order valence-corrected chi connectivity index (χ3v) is 3.80. The number of aromatic nitrogens is 2. The zero-order valence-corrected chi connectivity index (χ0v) is 19.4. The van der Waals surface area contributed by atoms with Gasteiger partial charge in [-0.1, -0.05) is 50.2 Å². The summed E-state index contributed by atoms with van der Waals surface area (Å²) in [5, 5.41) is 8.47. The molecule has 2 rings (SSSR count). The first-order chi connectivity index (χ1) is 13.7. The maximum atomic E-state index is 12.7. The van der Waals surface area contributed by atoms with Crippen LogP contribution in [0, 0.1) is 5.82 Å². The van der Waals surface area contributed by atoms with Crippen molar-refractivity contribution in [1.82, 2.24) is 10.2 Å². The second-order valence-corrected chi connectivity index (χ2v) is 6.87. The highest BCUT2D eigenvalue weighted by Gasteiger charge is 2.14. The van der Waals surface area contributed by atoms with Gasteiger partial charge in [0.2, 0.25) is 11.8 Å². The number of allylic oxidation sites excluding steroid dienone is 3. The Morgan fingerprint density at radius 2 is 1.76 bits per heavy atom. The van der Waals surface area contributed by atoms with Crippen molar-refractivity contribution < 1.29 is 8.81 Å². The molecule has 29 heavy (non-hydrogen) atoms. The molecule has 0 saturated heterocycles. The van der Waals surface area contributed by atoms with Gasteiger partial charge in [0.25, 0.3) is 0 Å². The van der Waals surface area contributed by atoms with Gasteiger partial charge in [-0.15, -0.1) is 36.0 Å². The molecule has 162 valence electrons. The van der Waals surface area contributed by atoms with Crippen molar-refractivity contribution in [2.45, 2.75) is 53.0 Å². The van der Waals surface area contributed by atoms with Crippen LogP contribution in [0.1, 0.15) is 57.5 Å². The van der Waals surface area contributed by atoms with Crippen LogP contribution in [-0.4, -0.2) is 10.2 Å². The molecule has 0 aliphatic carbocycles. The first-order valence-corrected chi connectivity index (χ1v) is 10.0. The molecular weight excluding hydrogens is 409 g/mol. The van der Waals surface area contributed by atoms with E-state index in [0.29, 0.717) is 24.6 Å². The SMILES string of the molecule is C/C=C(\C)S.C=C.C=C(Cl)CC.CCc1nnc(C(N)Cc2ccc(F)cc2)o1. The Bertz CT molecular complexity index is 713. The summed E-state index contributed by atoms with van der Waals surface area (Å²) in [6.07, 6.45) is 4.06. The normalized spacial score (nSPS) is 11.0.